The third-order valence-electron chi connectivity index (χ3n) is 2.32. The van der Waals surface area contributed by atoms with E-state index in [9.17, 15) is 10.1 Å². The molecule has 2 aromatic heterocycles. The molecule has 0 saturated carbocycles. The monoisotopic (exact) mass is 255 g/mol. The van der Waals surface area contributed by atoms with Crippen molar-refractivity contribution >= 4 is 5.82 Å². The van der Waals surface area contributed by atoms with Crippen molar-refractivity contribution in [3.05, 3.63) is 52.0 Å². The predicted octanol–water partition coefficient (Wildman–Crippen LogP) is 2.47. The van der Waals surface area contributed by atoms with E-state index in [1.165, 1.54) is 18.3 Å². The fourth-order valence-electron chi connectivity index (χ4n) is 1.43. The lowest BCUT2D eigenvalue weighted by Crippen LogP contribution is -1.96. The summed E-state index contributed by atoms with van der Waals surface area (Å²) in [6, 6.07) is 6.02. The molecule has 0 saturated heterocycles. The van der Waals surface area contributed by atoms with Crippen LogP contribution in [0, 0.1) is 29.4 Å². The van der Waals surface area contributed by atoms with Crippen LogP contribution in [0.4, 0.5) is 5.82 Å². The molecule has 0 aliphatic heterocycles. The van der Waals surface area contributed by atoms with Gasteiger partial charge in [-0.3, -0.25) is 0 Å². The van der Waals surface area contributed by atoms with E-state index < -0.39 is 4.92 Å². The maximum absolute atomic E-state index is 10.6. The largest absolute Gasteiger partial charge is 0.453 e. The van der Waals surface area contributed by atoms with Gasteiger partial charge in [-0.1, -0.05) is 5.92 Å². The first kappa shape index (κ1) is 12.5. The van der Waals surface area contributed by atoms with Crippen LogP contribution in [0.25, 0.3) is 0 Å². The Hall–Kier alpha value is -2.94. The Balaban J connectivity index is 2.28. The Morgan fingerprint density at radius 1 is 1.42 bits per heavy atom. The van der Waals surface area contributed by atoms with Crippen LogP contribution in [0.5, 0.6) is 11.5 Å². The van der Waals surface area contributed by atoms with Gasteiger partial charge < -0.3 is 14.9 Å². The molecule has 0 fully saturated rings. The van der Waals surface area contributed by atoms with Crippen LogP contribution in [0.3, 0.4) is 0 Å². The van der Waals surface area contributed by atoms with Gasteiger partial charge in [0.15, 0.2) is 11.4 Å². The second-order valence-corrected chi connectivity index (χ2v) is 3.63. The van der Waals surface area contributed by atoms with E-state index in [1.54, 1.807) is 19.1 Å². The van der Waals surface area contributed by atoms with Crippen molar-refractivity contribution < 1.29 is 9.66 Å². The number of nitrogens with zero attached hydrogens (tertiary/aromatic N) is 3. The number of aromatic nitrogens is 2. The first-order chi connectivity index (χ1) is 9.10. The summed E-state index contributed by atoms with van der Waals surface area (Å²) in [7, 11) is 0. The number of aryl methyl sites for hydroxylation is 1. The predicted molar refractivity (Wildman–Crippen MR) is 67.9 cm³/mol. The van der Waals surface area contributed by atoms with Gasteiger partial charge in [-0.05, 0) is 22.0 Å². The van der Waals surface area contributed by atoms with Crippen molar-refractivity contribution in [1.82, 2.24) is 9.97 Å². The molecule has 94 valence electrons. The Morgan fingerprint density at radius 3 is 2.84 bits per heavy atom. The highest BCUT2D eigenvalue weighted by Crippen LogP contribution is 2.25. The van der Waals surface area contributed by atoms with Gasteiger partial charge in [0.05, 0.1) is 0 Å². The molecule has 6 heteroatoms. The summed E-state index contributed by atoms with van der Waals surface area (Å²) in [5, 5.41) is 10.6. The number of terminal acetylenes is 1. The van der Waals surface area contributed by atoms with Gasteiger partial charge in [0.1, 0.15) is 11.4 Å². The lowest BCUT2D eigenvalue weighted by molar-refractivity contribution is -0.389. The lowest BCUT2D eigenvalue weighted by atomic mass is 10.3. The third kappa shape index (κ3) is 2.84. The van der Waals surface area contributed by atoms with E-state index >= 15 is 0 Å². The fraction of sp³-hybridized carbons (Fsp3) is 0.0769. The second kappa shape index (κ2) is 5.14. The lowest BCUT2D eigenvalue weighted by Gasteiger charge is -2.05. The number of nitro groups is 1. The summed E-state index contributed by atoms with van der Waals surface area (Å²) in [6.07, 6.45) is 6.77. The number of hydrogen-bond donors (Lipinski definition) is 0. The topological polar surface area (TPSA) is 78.2 Å². The first-order valence-electron chi connectivity index (χ1n) is 5.32. The van der Waals surface area contributed by atoms with Crippen LogP contribution in [-0.2, 0) is 0 Å². The molecule has 0 N–H and O–H groups in total. The van der Waals surface area contributed by atoms with Gasteiger partial charge >= 0.3 is 5.82 Å². The smallest absolute Gasteiger partial charge is 0.363 e. The van der Waals surface area contributed by atoms with E-state index in [0.29, 0.717) is 22.9 Å². The molecule has 0 radical (unpaired) electrons. The van der Waals surface area contributed by atoms with E-state index in [4.69, 9.17) is 11.2 Å². The van der Waals surface area contributed by atoms with E-state index in [2.05, 4.69) is 15.9 Å². The molecule has 19 heavy (non-hydrogen) atoms. The van der Waals surface area contributed by atoms with Crippen molar-refractivity contribution in [2.75, 3.05) is 0 Å². The van der Waals surface area contributed by atoms with Gasteiger partial charge in [-0.25, -0.2) is 4.98 Å². The minimum atomic E-state index is -0.556. The second-order valence-electron chi connectivity index (χ2n) is 3.63. The van der Waals surface area contributed by atoms with Crippen LogP contribution in [0.1, 0.15) is 11.4 Å². The molecule has 6 nitrogen and oxygen atoms in total. The molecule has 0 aromatic carbocycles. The van der Waals surface area contributed by atoms with E-state index in [1.807, 2.05) is 0 Å². The average Bonchev–Trinajstić information content (AvgIpc) is 2.41. The Labute approximate surface area is 109 Å². The van der Waals surface area contributed by atoms with Crippen molar-refractivity contribution in [2.45, 2.75) is 6.92 Å². The zero-order valence-electron chi connectivity index (χ0n) is 10.0. The maximum atomic E-state index is 10.6. The minimum absolute atomic E-state index is 0.219. The number of pyridine rings is 2. The summed E-state index contributed by atoms with van der Waals surface area (Å²) in [5.41, 5.74) is 0.873. The van der Waals surface area contributed by atoms with Crippen molar-refractivity contribution in [3.63, 3.8) is 0 Å². The third-order valence-corrected chi connectivity index (χ3v) is 2.32. The van der Waals surface area contributed by atoms with Crippen molar-refractivity contribution in [2.24, 2.45) is 0 Å². The van der Waals surface area contributed by atoms with E-state index in [-0.39, 0.29) is 5.82 Å². The molecule has 2 heterocycles. The molecule has 0 bridgehead atoms. The van der Waals surface area contributed by atoms with Gasteiger partial charge in [0.25, 0.3) is 0 Å². The van der Waals surface area contributed by atoms with Gasteiger partial charge in [-0.15, -0.1) is 6.42 Å². The minimum Gasteiger partial charge on any atom is -0.453 e. The highest BCUT2D eigenvalue weighted by molar-refractivity contribution is 5.39. The van der Waals surface area contributed by atoms with Crippen LogP contribution < -0.4 is 4.74 Å². The molecule has 0 unspecified atom stereocenters. The summed E-state index contributed by atoms with van der Waals surface area (Å²) >= 11 is 0. The Morgan fingerprint density at radius 2 is 2.21 bits per heavy atom. The zero-order chi connectivity index (χ0) is 13.8. The highest BCUT2D eigenvalue weighted by Gasteiger charge is 2.13. The van der Waals surface area contributed by atoms with Gasteiger partial charge in [0.2, 0.25) is 0 Å². The molecular formula is C13H9N3O3. The molecular weight excluding hydrogens is 246 g/mol. The average molecular weight is 255 g/mol. The molecule has 2 rings (SSSR count). The summed E-state index contributed by atoms with van der Waals surface area (Å²) in [5.74, 6) is 3.11. The fourth-order valence-corrected chi connectivity index (χ4v) is 1.43. The number of ether oxygens (including phenoxy) is 1. The number of hydrogen-bond acceptors (Lipinski definition) is 5. The molecule has 0 amide bonds. The molecule has 0 aliphatic carbocycles. The first-order valence-corrected chi connectivity index (χ1v) is 5.32. The standard InChI is InChI=1S/C13H9N3O3/c1-3-10-8-11(6-7-14-10)19-12-4-5-13(16(17)18)15-9(12)2/h1,4-8H,2H3. The Kier molecular flexibility index (Phi) is 3.39. The highest BCUT2D eigenvalue weighted by atomic mass is 16.6. The number of rotatable bonds is 3. The van der Waals surface area contributed by atoms with Crippen molar-refractivity contribution in [1.29, 1.82) is 0 Å². The summed E-state index contributed by atoms with van der Waals surface area (Å²) in [4.78, 5) is 17.8. The van der Waals surface area contributed by atoms with Crippen LogP contribution in [-0.4, -0.2) is 14.9 Å². The quantitative estimate of drug-likeness (QED) is 0.478. The summed E-state index contributed by atoms with van der Waals surface area (Å²) < 4.78 is 5.57. The van der Waals surface area contributed by atoms with Crippen LogP contribution in [0.2, 0.25) is 0 Å². The SMILES string of the molecule is C#Cc1cc(Oc2ccc([N+](=O)[O-])nc2C)ccn1. The van der Waals surface area contributed by atoms with Gasteiger partial charge in [-0.2, -0.15) is 0 Å². The van der Waals surface area contributed by atoms with Crippen molar-refractivity contribution in [3.8, 4) is 23.8 Å². The van der Waals surface area contributed by atoms with E-state index in [0.717, 1.165) is 0 Å². The molecule has 0 aliphatic rings. The Bertz CT molecular complexity index is 677. The van der Waals surface area contributed by atoms with Gasteiger partial charge in [0, 0.05) is 25.3 Å². The molecule has 2 aromatic rings. The van der Waals surface area contributed by atoms with Crippen LogP contribution in [0.15, 0.2) is 30.5 Å². The van der Waals surface area contributed by atoms with Crippen LogP contribution >= 0.6 is 0 Å². The zero-order valence-corrected chi connectivity index (χ0v) is 10.0. The molecule has 0 atom stereocenters. The normalized spacial score (nSPS) is 9.68. The molecule has 0 spiro atoms. The maximum Gasteiger partial charge on any atom is 0.363 e. The summed E-state index contributed by atoms with van der Waals surface area (Å²) in [6.45, 7) is 1.63.